The highest BCUT2D eigenvalue weighted by Crippen LogP contribution is 2.20. The zero-order valence-electron chi connectivity index (χ0n) is 19.9. The lowest BCUT2D eigenvalue weighted by Crippen LogP contribution is -2.51. The molecule has 0 spiro atoms. The fourth-order valence-corrected chi connectivity index (χ4v) is 3.91. The predicted molar refractivity (Wildman–Crippen MR) is 127 cm³/mol. The third kappa shape index (κ3) is 6.60. The number of nitro benzene ring substituents is 1. The summed E-state index contributed by atoms with van der Waals surface area (Å²) in [5, 5.41) is 11.0. The molecule has 0 atom stereocenters. The van der Waals surface area contributed by atoms with Crippen LogP contribution in [0.1, 0.15) is 36.7 Å². The van der Waals surface area contributed by atoms with Crippen LogP contribution >= 0.6 is 0 Å². The molecule has 0 N–H and O–H groups in total. The molecule has 0 radical (unpaired) electrons. The quantitative estimate of drug-likeness (QED) is 0.456. The average molecular weight is 471 g/mol. The van der Waals surface area contributed by atoms with E-state index in [9.17, 15) is 24.1 Å². The van der Waals surface area contributed by atoms with Crippen molar-refractivity contribution in [2.75, 3.05) is 39.3 Å². The summed E-state index contributed by atoms with van der Waals surface area (Å²) < 4.78 is 13.3. The molecule has 2 amide bonds. The van der Waals surface area contributed by atoms with Crippen molar-refractivity contribution >= 4 is 17.5 Å². The first-order chi connectivity index (χ1) is 16.0. The Morgan fingerprint density at radius 3 is 2.29 bits per heavy atom. The molecule has 0 unspecified atom stereocenters. The van der Waals surface area contributed by atoms with Crippen molar-refractivity contribution in [1.82, 2.24) is 14.7 Å². The van der Waals surface area contributed by atoms with Gasteiger partial charge in [-0.2, -0.15) is 0 Å². The van der Waals surface area contributed by atoms with E-state index in [-0.39, 0.29) is 23.3 Å². The van der Waals surface area contributed by atoms with Crippen molar-refractivity contribution < 1.29 is 18.9 Å². The molecule has 34 heavy (non-hydrogen) atoms. The minimum atomic E-state index is -0.538. The van der Waals surface area contributed by atoms with Gasteiger partial charge in [-0.15, -0.1) is 0 Å². The van der Waals surface area contributed by atoms with Crippen LogP contribution in [-0.2, 0) is 11.3 Å². The first-order valence-electron chi connectivity index (χ1n) is 11.3. The minimum absolute atomic E-state index is 0.0244. The van der Waals surface area contributed by atoms with Crippen LogP contribution in [0.15, 0.2) is 48.5 Å². The van der Waals surface area contributed by atoms with Gasteiger partial charge in [-0.25, -0.2) is 4.39 Å². The smallest absolute Gasteiger partial charge is 0.270 e. The lowest BCUT2D eigenvalue weighted by atomic mass is 9.94. The lowest BCUT2D eigenvalue weighted by Gasteiger charge is -2.37. The summed E-state index contributed by atoms with van der Waals surface area (Å²) in [6, 6.07) is 12.0. The zero-order valence-corrected chi connectivity index (χ0v) is 19.9. The highest BCUT2D eigenvalue weighted by molar-refractivity contribution is 5.94. The summed E-state index contributed by atoms with van der Waals surface area (Å²) >= 11 is 0. The van der Waals surface area contributed by atoms with E-state index in [4.69, 9.17) is 0 Å². The molecular weight excluding hydrogens is 439 g/mol. The Morgan fingerprint density at radius 2 is 1.71 bits per heavy atom. The molecule has 0 aromatic heterocycles. The van der Waals surface area contributed by atoms with Crippen molar-refractivity contribution in [3.05, 3.63) is 75.6 Å². The van der Waals surface area contributed by atoms with Crippen LogP contribution in [0.25, 0.3) is 0 Å². The number of hydrogen-bond acceptors (Lipinski definition) is 5. The number of piperazine rings is 1. The van der Waals surface area contributed by atoms with E-state index in [0.29, 0.717) is 51.4 Å². The summed E-state index contributed by atoms with van der Waals surface area (Å²) in [6.45, 7) is 9.53. The largest absolute Gasteiger partial charge is 0.337 e. The van der Waals surface area contributed by atoms with E-state index in [1.54, 1.807) is 28.0 Å². The summed E-state index contributed by atoms with van der Waals surface area (Å²) in [5.41, 5.74) is 0.535. The Kier molecular flexibility index (Phi) is 7.98. The molecule has 0 bridgehead atoms. The van der Waals surface area contributed by atoms with E-state index in [1.165, 1.54) is 30.3 Å². The third-order valence-corrected chi connectivity index (χ3v) is 5.87. The number of nitro groups is 1. The van der Waals surface area contributed by atoms with Crippen LogP contribution in [0.3, 0.4) is 0 Å². The van der Waals surface area contributed by atoms with E-state index >= 15 is 0 Å². The molecule has 1 saturated heterocycles. The van der Waals surface area contributed by atoms with Gasteiger partial charge in [0.15, 0.2) is 0 Å². The molecular formula is C25H31FN4O4. The maximum absolute atomic E-state index is 13.3. The molecule has 1 aliphatic rings. The van der Waals surface area contributed by atoms with Crippen LogP contribution in [-0.4, -0.2) is 70.7 Å². The third-order valence-electron chi connectivity index (χ3n) is 5.87. The SMILES string of the molecule is CC(C)(C)C(=O)N(CCN1CCN(C(=O)c2cccc([N+](=O)[O-])c2)CC1)Cc1ccc(F)cc1. The van der Waals surface area contributed by atoms with Gasteiger partial charge in [-0.05, 0) is 23.8 Å². The zero-order chi connectivity index (χ0) is 24.9. The molecule has 0 saturated carbocycles. The maximum atomic E-state index is 13.3. The van der Waals surface area contributed by atoms with Crippen molar-refractivity contribution in [2.24, 2.45) is 5.41 Å². The first kappa shape index (κ1) is 25.3. The molecule has 1 fully saturated rings. The number of carbonyl (C=O) groups is 2. The van der Waals surface area contributed by atoms with Crippen LogP contribution in [0.2, 0.25) is 0 Å². The summed E-state index contributed by atoms with van der Waals surface area (Å²) in [6.07, 6.45) is 0. The second-order valence-corrected chi connectivity index (χ2v) is 9.54. The molecule has 0 aliphatic carbocycles. The van der Waals surface area contributed by atoms with Crippen molar-refractivity contribution in [3.8, 4) is 0 Å². The Labute approximate surface area is 199 Å². The van der Waals surface area contributed by atoms with Gasteiger partial charge in [0.25, 0.3) is 11.6 Å². The number of halogens is 1. The number of nitrogens with zero attached hydrogens (tertiary/aromatic N) is 4. The molecule has 9 heteroatoms. The van der Waals surface area contributed by atoms with Crippen molar-refractivity contribution in [2.45, 2.75) is 27.3 Å². The van der Waals surface area contributed by atoms with Gasteiger partial charge in [0.05, 0.1) is 4.92 Å². The number of benzene rings is 2. The second kappa shape index (κ2) is 10.7. The standard InChI is InChI=1S/C25H31FN4O4/c1-25(2,3)24(32)29(18-19-7-9-21(26)10-8-19)16-13-27-11-14-28(15-12-27)23(31)20-5-4-6-22(17-20)30(33)34/h4-10,17H,11-16,18H2,1-3H3. The molecule has 2 aromatic rings. The van der Waals surface area contributed by atoms with Crippen LogP contribution < -0.4 is 0 Å². The Hall–Kier alpha value is -3.33. The average Bonchev–Trinajstić information content (AvgIpc) is 2.82. The van der Waals surface area contributed by atoms with Crippen molar-refractivity contribution in [3.63, 3.8) is 0 Å². The van der Waals surface area contributed by atoms with Crippen LogP contribution in [0.5, 0.6) is 0 Å². The normalized spacial score (nSPS) is 14.6. The predicted octanol–water partition coefficient (Wildman–Crippen LogP) is 3.57. The van der Waals surface area contributed by atoms with Gasteiger partial charge in [0.1, 0.15) is 5.82 Å². The van der Waals surface area contributed by atoms with Gasteiger partial charge in [0.2, 0.25) is 5.91 Å². The Bertz CT molecular complexity index is 1030. The number of rotatable bonds is 7. The molecule has 8 nitrogen and oxygen atoms in total. The number of hydrogen-bond donors (Lipinski definition) is 0. The maximum Gasteiger partial charge on any atom is 0.270 e. The summed E-state index contributed by atoms with van der Waals surface area (Å²) in [4.78, 5) is 42.0. The van der Waals surface area contributed by atoms with Gasteiger partial charge in [-0.1, -0.05) is 39.0 Å². The van der Waals surface area contributed by atoms with E-state index in [0.717, 1.165) is 5.56 Å². The van der Waals surface area contributed by atoms with E-state index in [1.807, 2.05) is 20.8 Å². The monoisotopic (exact) mass is 470 g/mol. The lowest BCUT2D eigenvalue weighted by molar-refractivity contribution is -0.384. The number of non-ortho nitro benzene ring substituents is 1. The first-order valence-corrected chi connectivity index (χ1v) is 11.3. The summed E-state index contributed by atoms with van der Waals surface area (Å²) in [7, 11) is 0. The Balaban J connectivity index is 1.57. The Morgan fingerprint density at radius 1 is 1.06 bits per heavy atom. The summed E-state index contributed by atoms with van der Waals surface area (Å²) in [5.74, 6) is -0.504. The van der Waals surface area contributed by atoms with E-state index in [2.05, 4.69) is 4.90 Å². The van der Waals surface area contributed by atoms with E-state index < -0.39 is 10.3 Å². The second-order valence-electron chi connectivity index (χ2n) is 9.54. The fourth-order valence-electron chi connectivity index (χ4n) is 3.91. The van der Waals surface area contributed by atoms with Gasteiger partial charge in [0, 0.05) is 68.9 Å². The van der Waals surface area contributed by atoms with Crippen molar-refractivity contribution in [1.29, 1.82) is 0 Å². The van der Waals surface area contributed by atoms with Gasteiger partial charge in [-0.3, -0.25) is 24.6 Å². The number of carbonyl (C=O) groups excluding carboxylic acids is 2. The number of amides is 2. The molecule has 182 valence electrons. The van der Waals surface area contributed by atoms with Gasteiger partial charge >= 0.3 is 0 Å². The van der Waals surface area contributed by atoms with Crippen LogP contribution in [0.4, 0.5) is 10.1 Å². The van der Waals surface area contributed by atoms with Gasteiger partial charge < -0.3 is 9.80 Å². The highest BCUT2D eigenvalue weighted by Gasteiger charge is 2.29. The topological polar surface area (TPSA) is 87.0 Å². The molecule has 1 heterocycles. The molecule has 2 aromatic carbocycles. The van der Waals surface area contributed by atoms with Crippen LogP contribution in [0, 0.1) is 21.3 Å². The molecule has 1 aliphatic heterocycles. The fraction of sp³-hybridized carbons (Fsp3) is 0.440. The molecule has 3 rings (SSSR count). The minimum Gasteiger partial charge on any atom is -0.337 e. The highest BCUT2D eigenvalue weighted by atomic mass is 19.1.